The molecule has 24 heavy (non-hydrogen) atoms. The van der Waals surface area contributed by atoms with E-state index in [1.807, 2.05) is 24.3 Å². The topological polar surface area (TPSA) is 72.2 Å². The molecule has 2 heterocycles. The molecule has 0 saturated heterocycles. The van der Waals surface area contributed by atoms with Crippen LogP contribution in [-0.2, 0) is 5.54 Å². The molecule has 6 nitrogen and oxygen atoms in total. The number of hydrogen-bond donors (Lipinski definition) is 1. The van der Waals surface area contributed by atoms with Crippen LogP contribution in [0.2, 0.25) is 0 Å². The van der Waals surface area contributed by atoms with E-state index in [0.29, 0.717) is 29.6 Å². The maximum absolute atomic E-state index is 6.68. The predicted octanol–water partition coefficient (Wildman–Crippen LogP) is 2.39. The molecule has 2 atom stereocenters. The monoisotopic (exact) mass is 329 g/mol. The number of benzene rings is 2. The molecular weight excluding hydrogens is 310 g/mol. The highest BCUT2D eigenvalue weighted by Crippen LogP contribution is 2.54. The van der Waals surface area contributed by atoms with E-state index in [0.717, 1.165) is 16.9 Å². The van der Waals surface area contributed by atoms with Gasteiger partial charge in [0.05, 0.1) is 21.3 Å². The average Bonchev–Trinajstić information content (AvgIpc) is 2.92. The zero-order chi connectivity index (χ0) is 16.9. The number of hydrogen-bond acceptors (Lipinski definition) is 6. The Morgan fingerprint density at radius 1 is 1.00 bits per heavy atom. The summed E-state index contributed by atoms with van der Waals surface area (Å²) < 4.78 is 28.1. The van der Waals surface area contributed by atoms with E-state index in [9.17, 15) is 0 Å². The lowest BCUT2D eigenvalue weighted by Crippen LogP contribution is -2.48. The number of rotatable bonds is 3. The Kier molecular flexibility index (Phi) is 3.25. The first-order chi connectivity index (χ1) is 11.6. The highest BCUT2D eigenvalue weighted by molar-refractivity contribution is 5.58. The molecule has 0 unspecified atom stereocenters. The summed E-state index contributed by atoms with van der Waals surface area (Å²) in [6.45, 7) is 0.319. The van der Waals surface area contributed by atoms with Gasteiger partial charge in [-0.25, -0.2) is 0 Å². The van der Waals surface area contributed by atoms with Gasteiger partial charge in [0.25, 0.3) is 0 Å². The molecule has 0 spiro atoms. The Labute approximate surface area is 140 Å². The van der Waals surface area contributed by atoms with Crippen LogP contribution in [0.15, 0.2) is 30.3 Å². The van der Waals surface area contributed by atoms with E-state index in [-0.39, 0.29) is 6.10 Å². The van der Waals surface area contributed by atoms with E-state index in [2.05, 4.69) is 0 Å². The molecule has 0 bridgehead atoms. The van der Waals surface area contributed by atoms with E-state index in [1.54, 1.807) is 27.4 Å². The van der Waals surface area contributed by atoms with Crippen molar-refractivity contribution in [1.82, 2.24) is 0 Å². The van der Waals surface area contributed by atoms with Gasteiger partial charge in [0, 0.05) is 23.3 Å². The van der Waals surface area contributed by atoms with Crippen molar-refractivity contribution in [3.8, 4) is 28.7 Å². The molecule has 0 aromatic heterocycles. The molecule has 0 aliphatic carbocycles. The van der Waals surface area contributed by atoms with Crippen molar-refractivity contribution in [3.63, 3.8) is 0 Å². The second kappa shape index (κ2) is 5.21. The standard InChI is InChI=1S/C18H19NO5/c1-20-10-4-5-12-14(6-10)24-17-11-7-15(21-2)16(22-3)8-13(11)23-9-18(12,17)19/h4-8,17H,9,19H2,1-3H3/t17-,18+/m0/s1. The van der Waals surface area contributed by atoms with E-state index >= 15 is 0 Å². The van der Waals surface area contributed by atoms with Crippen LogP contribution in [0.4, 0.5) is 0 Å². The van der Waals surface area contributed by atoms with Gasteiger partial charge in [0.2, 0.25) is 0 Å². The summed E-state index contributed by atoms with van der Waals surface area (Å²) >= 11 is 0. The molecule has 2 aromatic carbocycles. The first kappa shape index (κ1) is 15.0. The highest BCUT2D eigenvalue weighted by atomic mass is 16.5. The van der Waals surface area contributed by atoms with Crippen molar-refractivity contribution in [1.29, 1.82) is 0 Å². The van der Waals surface area contributed by atoms with Gasteiger partial charge in [-0.15, -0.1) is 0 Å². The van der Waals surface area contributed by atoms with Gasteiger partial charge in [-0.2, -0.15) is 0 Å². The fraction of sp³-hybridized carbons (Fsp3) is 0.333. The zero-order valence-corrected chi connectivity index (χ0v) is 13.8. The fourth-order valence-electron chi connectivity index (χ4n) is 3.38. The zero-order valence-electron chi connectivity index (χ0n) is 13.8. The van der Waals surface area contributed by atoms with Crippen LogP contribution in [0.1, 0.15) is 17.2 Å². The number of fused-ring (bicyclic) bond motifs is 5. The molecule has 0 amide bonds. The maximum atomic E-state index is 6.68. The molecule has 2 aromatic rings. The third-order valence-corrected chi connectivity index (χ3v) is 4.67. The third kappa shape index (κ3) is 1.93. The van der Waals surface area contributed by atoms with Gasteiger partial charge in [-0.1, -0.05) is 0 Å². The van der Waals surface area contributed by atoms with Crippen LogP contribution >= 0.6 is 0 Å². The molecule has 0 fully saturated rings. The molecule has 2 N–H and O–H groups in total. The summed E-state index contributed by atoms with van der Waals surface area (Å²) in [6, 6.07) is 9.33. The summed E-state index contributed by atoms with van der Waals surface area (Å²) in [5.41, 5.74) is 7.68. The Morgan fingerprint density at radius 3 is 2.46 bits per heavy atom. The largest absolute Gasteiger partial charge is 0.497 e. The van der Waals surface area contributed by atoms with Crippen molar-refractivity contribution in [3.05, 3.63) is 41.5 Å². The predicted molar refractivity (Wildman–Crippen MR) is 87.3 cm³/mol. The first-order valence-corrected chi connectivity index (χ1v) is 7.63. The van der Waals surface area contributed by atoms with Crippen molar-refractivity contribution >= 4 is 0 Å². The molecule has 6 heteroatoms. The lowest BCUT2D eigenvalue weighted by atomic mass is 9.82. The minimum atomic E-state index is -0.756. The van der Waals surface area contributed by atoms with Crippen LogP contribution < -0.4 is 29.4 Å². The number of ether oxygens (including phenoxy) is 5. The number of methoxy groups -OCH3 is 3. The van der Waals surface area contributed by atoms with E-state index in [4.69, 9.17) is 29.4 Å². The van der Waals surface area contributed by atoms with Crippen molar-refractivity contribution in [2.45, 2.75) is 11.6 Å². The summed E-state index contributed by atoms with van der Waals surface area (Å²) in [5.74, 6) is 3.36. The maximum Gasteiger partial charge on any atom is 0.164 e. The van der Waals surface area contributed by atoms with Crippen LogP contribution in [-0.4, -0.2) is 27.9 Å². The average molecular weight is 329 g/mol. The summed E-state index contributed by atoms with van der Waals surface area (Å²) in [7, 11) is 4.81. The molecule has 0 saturated carbocycles. The summed E-state index contributed by atoms with van der Waals surface area (Å²) in [6.07, 6.45) is -0.358. The SMILES string of the molecule is COc1ccc2c(c1)O[C@H]1c3cc(OC)c(OC)cc3OC[C@@]21N. The van der Waals surface area contributed by atoms with Gasteiger partial charge in [0.15, 0.2) is 17.6 Å². The third-order valence-electron chi connectivity index (χ3n) is 4.67. The normalized spacial score (nSPS) is 23.2. The van der Waals surface area contributed by atoms with E-state index in [1.165, 1.54) is 0 Å². The minimum Gasteiger partial charge on any atom is -0.497 e. The van der Waals surface area contributed by atoms with Crippen LogP contribution in [0, 0.1) is 0 Å². The second-order valence-electron chi connectivity index (χ2n) is 5.93. The molecule has 0 radical (unpaired) electrons. The van der Waals surface area contributed by atoms with Crippen LogP contribution in [0.3, 0.4) is 0 Å². The molecule has 2 aliphatic heterocycles. The van der Waals surface area contributed by atoms with Crippen LogP contribution in [0.25, 0.3) is 0 Å². The quantitative estimate of drug-likeness (QED) is 0.932. The Hall–Kier alpha value is -2.60. The smallest absolute Gasteiger partial charge is 0.164 e. The molecule has 126 valence electrons. The first-order valence-electron chi connectivity index (χ1n) is 7.63. The van der Waals surface area contributed by atoms with Crippen LogP contribution in [0.5, 0.6) is 28.7 Å². The lowest BCUT2D eigenvalue weighted by molar-refractivity contribution is 0.0745. The molecule has 4 rings (SSSR count). The van der Waals surface area contributed by atoms with Gasteiger partial charge >= 0.3 is 0 Å². The summed E-state index contributed by atoms with van der Waals surface area (Å²) in [5, 5.41) is 0. The second-order valence-corrected chi connectivity index (χ2v) is 5.93. The number of nitrogens with two attached hydrogens (primary N) is 1. The van der Waals surface area contributed by atoms with Gasteiger partial charge < -0.3 is 29.4 Å². The van der Waals surface area contributed by atoms with Crippen molar-refractivity contribution in [2.24, 2.45) is 5.73 Å². The lowest BCUT2D eigenvalue weighted by Gasteiger charge is -2.36. The Morgan fingerprint density at radius 2 is 1.75 bits per heavy atom. The van der Waals surface area contributed by atoms with E-state index < -0.39 is 5.54 Å². The van der Waals surface area contributed by atoms with Gasteiger partial charge in [-0.3, -0.25) is 0 Å². The molecular formula is C18H19NO5. The van der Waals surface area contributed by atoms with Gasteiger partial charge in [0.1, 0.15) is 29.4 Å². The fourth-order valence-corrected chi connectivity index (χ4v) is 3.38. The van der Waals surface area contributed by atoms with Crippen molar-refractivity contribution in [2.75, 3.05) is 27.9 Å². The Balaban J connectivity index is 1.83. The highest BCUT2D eigenvalue weighted by Gasteiger charge is 2.51. The molecule has 2 aliphatic rings. The minimum absolute atomic E-state index is 0.319. The Bertz CT molecular complexity index is 806. The summed E-state index contributed by atoms with van der Waals surface area (Å²) in [4.78, 5) is 0. The van der Waals surface area contributed by atoms with Gasteiger partial charge in [-0.05, 0) is 18.2 Å². The van der Waals surface area contributed by atoms with Crippen molar-refractivity contribution < 1.29 is 23.7 Å².